The number of unbranched alkanes of at least 4 members (excludes halogenated alkanes) is 7. The van der Waals surface area contributed by atoms with Crippen LogP contribution in [0.1, 0.15) is 83.5 Å². The fraction of sp³-hybridized carbons (Fsp3) is 0.857. The van der Waals surface area contributed by atoms with Crippen LogP contribution in [0, 0.1) is 5.92 Å². The van der Waals surface area contributed by atoms with Gasteiger partial charge in [-0.25, -0.2) is 0 Å². The third kappa shape index (κ3) is 12.6. The smallest absolute Gasteiger partial charge is 0.219 e. The molecule has 0 aromatic rings. The van der Waals surface area contributed by atoms with E-state index in [0.29, 0.717) is 6.42 Å². The van der Waals surface area contributed by atoms with E-state index >= 15 is 0 Å². The first-order valence-corrected chi connectivity index (χ1v) is 10.3. The molecule has 3 nitrogen and oxygen atoms in total. The Morgan fingerprint density at radius 1 is 1.00 bits per heavy atom. The number of nitrogens with zero attached hydrogens (tertiary/aromatic N) is 1. The molecule has 0 heterocycles. The Bertz CT molecular complexity index is 339. The van der Waals surface area contributed by atoms with E-state index in [4.69, 9.17) is 0 Å². The molecule has 0 aromatic heterocycles. The summed E-state index contributed by atoms with van der Waals surface area (Å²) in [5, 5.41) is 3.02. The highest BCUT2D eigenvalue weighted by molar-refractivity contribution is 5.75. The minimum Gasteiger partial charge on any atom is -0.356 e. The molecule has 0 saturated heterocycles. The molecule has 0 spiro atoms. The maximum absolute atomic E-state index is 11.7. The van der Waals surface area contributed by atoms with E-state index in [9.17, 15) is 4.79 Å². The molecule has 1 aliphatic carbocycles. The fourth-order valence-electron chi connectivity index (χ4n) is 3.40. The standard InChI is InChI=1S/C21H40N2O/c1-23(2)19-13-18-22-21(24)17-10-8-6-4-3-5-7-9-14-20-15-11-12-16-20/h11,15,20H,3-10,12-14,16-19H2,1-2H3,(H,22,24)/t20-/m0/s1. The molecule has 1 aliphatic rings. The second-order valence-corrected chi connectivity index (χ2v) is 7.64. The van der Waals surface area contributed by atoms with Crippen molar-refractivity contribution >= 4 is 5.91 Å². The second kappa shape index (κ2) is 14.5. The lowest BCUT2D eigenvalue weighted by Crippen LogP contribution is -2.26. The van der Waals surface area contributed by atoms with Crippen molar-refractivity contribution < 1.29 is 4.79 Å². The monoisotopic (exact) mass is 336 g/mol. The van der Waals surface area contributed by atoms with Gasteiger partial charge in [0.2, 0.25) is 5.91 Å². The minimum atomic E-state index is 0.231. The molecule has 0 fully saturated rings. The van der Waals surface area contributed by atoms with Crippen LogP contribution >= 0.6 is 0 Å². The Morgan fingerprint density at radius 3 is 2.29 bits per heavy atom. The maximum Gasteiger partial charge on any atom is 0.219 e. The Kier molecular flexibility index (Phi) is 12.8. The number of rotatable bonds is 15. The van der Waals surface area contributed by atoms with Gasteiger partial charge in [-0.1, -0.05) is 57.1 Å². The number of allylic oxidation sites excluding steroid dienone is 2. The average Bonchev–Trinajstić information content (AvgIpc) is 3.06. The van der Waals surface area contributed by atoms with Crippen molar-refractivity contribution in [2.75, 3.05) is 27.2 Å². The van der Waals surface area contributed by atoms with Crippen LogP contribution in [-0.4, -0.2) is 38.0 Å². The zero-order valence-corrected chi connectivity index (χ0v) is 16.2. The van der Waals surface area contributed by atoms with Crippen molar-refractivity contribution in [2.45, 2.75) is 83.5 Å². The number of hydrogen-bond acceptors (Lipinski definition) is 2. The van der Waals surface area contributed by atoms with Crippen LogP contribution < -0.4 is 5.32 Å². The summed E-state index contributed by atoms with van der Waals surface area (Å²) in [6, 6.07) is 0. The van der Waals surface area contributed by atoms with E-state index in [1.54, 1.807) is 0 Å². The molecule has 0 saturated carbocycles. The quantitative estimate of drug-likeness (QED) is 0.340. The fourth-order valence-corrected chi connectivity index (χ4v) is 3.40. The molecule has 0 aliphatic heterocycles. The highest BCUT2D eigenvalue weighted by Gasteiger charge is 2.07. The van der Waals surface area contributed by atoms with Crippen molar-refractivity contribution in [3.05, 3.63) is 12.2 Å². The lowest BCUT2D eigenvalue weighted by molar-refractivity contribution is -0.121. The van der Waals surface area contributed by atoms with Gasteiger partial charge in [0.25, 0.3) is 0 Å². The lowest BCUT2D eigenvalue weighted by Gasteiger charge is -2.09. The third-order valence-electron chi connectivity index (χ3n) is 4.95. The minimum absolute atomic E-state index is 0.231. The van der Waals surface area contributed by atoms with E-state index < -0.39 is 0 Å². The van der Waals surface area contributed by atoms with Crippen LogP contribution in [0.4, 0.5) is 0 Å². The van der Waals surface area contributed by atoms with E-state index in [0.717, 1.165) is 31.8 Å². The molecule has 0 aromatic carbocycles. The normalized spacial score (nSPS) is 16.9. The summed E-state index contributed by atoms with van der Waals surface area (Å²) in [6.07, 6.45) is 21.1. The molecule has 0 bridgehead atoms. The van der Waals surface area contributed by atoms with Crippen LogP contribution in [0.3, 0.4) is 0 Å². The Hall–Kier alpha value is -0.830. The molecule has 24 heavy (non-hydrogen) atoms. The Labute approximate surface area is 150 Å². The summed E-state index contributed by atoms with van der Waals surface area (Å²) in [6.45, 7) is 1.85. The van der Waals surface area contributed by atoms with Gasteiger partial charge in [0.15, 0.2) is 0 Å². The predicted molar refractivity (Wildman–Crippen MR) is 104 cm³/mol. The molecule has 1 atom stereocenters. The summed E-state index contributed by atoms with van der Waals surface area (Å²) in [5.41, 5.74) is 0. The van der Waals surface area contributed by atoms with Gasteiger partial charge in [-0.15, -0.1) is 0 Å². The van der Waals surface area contributed by atoms with Gasteiger partial charge in [0.05, 0.1) is 0 Å². The van der Waals surface area contributed by atoms with Crippen LogP contribution in [0.5, 0.6) is 0 Å². The van der Waals surface area contributed by atoms with Crippen LogP contribution in [-0.2, 0) is 4.79 Å². The van der Waals surface area contributed by atoms with Crippen molar-refractivity contribution in [1.29, 1.82) is 0 Å². The summed E-state index contributed by atoms with van der Waals surface area (Å²) in [7, 11) is 4.13. The van der Waals surface area contributed by atoms with Gasteiger partial charge in [-0.05, 0) is 58.7 Å². The van der Waals surface area contributed by atoms with Crippen molar-refractivity contribution in [3.8, 4) is 0 Å². The van der Waals surface area contributed by atoms with Crippen LogP contribution in [0.15, 0.2) is 12.2 Å². The zero-order chi connectivity index (χ0) is 17.5. The first kappa shape index (κ1) is 21.2. The molecular weight excluding hydrogens is 296 g/mol. The van der Waals surface area contributed by atoms with Gasteiger partial charge in [-0.3, -0.25) is 4.79 Å². The molecule has 0 unspecified atom stereocenters. The van der Waals surface area contributed by atoms with Crippen molar-refractivity contribution in [2.24, 2.45) is 5.92 Å². The van der Waals surface area contributed by atoms with Crippen molar-refractivity contribution in [3.63, 3.8) is 0 Å². The summed E-state index contributed by atoms with van der Waals surface area (Å²) < 4.78 is 0. The van der Waals surface area contributed by atoms with Gasteiger partial charge in [0, 0.05) is 13.0 Å². The van der Waals surface area contributed by atoms with Gasteiger partial charge in [0.1, 0.15) is 0 Å². The predicted octanol–water partition coefficient (Wildman–Crippen LogP) is 4.92. The molecule has 3 heteroatoms. The zero-order valence-electron chi connectivity index (χ0n) is 16.2. The average molecular weight is 337 g/mol. The first-order valence-electron chi connectivity index (χ1n) is 10.3. The first-order chi connectivity index (χ1) is 11.7. The number of carbonyl (C=O) groups excluding carboxylic acids is 1. The molecular formula is C21H40N2O. The molecule has 1 amide bonds. The van der Waals surface area contributed by atoms with Crippen LogP contribution in [0.2, 0.25) is 0 Å². The largest absolute Gasteiger partial charge is 0.356 e. The summed E-state index contributed by atoms with van der Waals surface area (Å²) in [4.78, 5) is 13.8. The third-order valence-corrected chi connectivity index (χ3v) is 4.95. The van der Waals surface area contributed by atoms with Crippen LogP contribution in [0.25, 0.3) is 0 Å². The van der Waals surface area contributed by atoms with Gasteiger partial charge in [-0.2, -0.15) is 0 Å². The summed E-state index contributed by atoms with van der Waals surface area (Å²) >= 11 is 0. The number of amides is 1. The number of nitrogens with one attached hydrogen (secondary N) is 1. The molecule has 1 rings (SSSR count). The number of hydrogen-bond donors (Lipinski definition) is 1. The van der Waals surface area contributed by atoms with Gasteiger partial charge >= 0.3 is 0 Å². The molecule has 1 N–H and O–H groups in total. The summed E-state index contributed by atoms with van der Waals surface area (Å²) in [5.74, 6) is 1.12. The lowest BCUT2D eigenvalue weighted by atomic mass is 9.99. The Morgan fingerprint density at radius 2 is 1.67 bits per heavy atom. The van der Waals surface area contributed by atoms with E-state index in [2.05, 4.69) is 36.5 Å². The van der Waals surface area contributed by atoms with Crippen molar-refractivity contribution in [1.82, 2.24) is 10.2 Å². The Balaban J connectivity index is 1.75. The highest BCUT2D eigenvalue weighted by Crippen LogP contribution is 2.23. The number of carbonyl (C=O) groups is 1. The van der Waals surface area contributed by atoms with E-state index in [-0.39, 0.29) is 5.91 Å². The molecule has 140 valence electrons. The highest BCUT2D eigenvalue weighted by atomic mass is 16.1. The van der Waals surface area contributed by atoms with Gasteiger partial charge < -0.3 is 10.2 Å². The maximum atomic E-state index is 11.7. The molecule has 0 radical (unpaired) electrons. The van der Waals surface area contributed by atoms with E-state index in [1.807, 2.05) is 0 Å². The topological polar surface area (TPSA) is 32.3 Å². The van der Waals surface area contributed by atoms with E-state index in [1.165, 1.54) is 64.2 Å². The second-order valence-electron chi connectivity index (χ2n) is 7.64. The SMILES string of the molecule is CN(C)CCCNC(=O)CCCCCCCCCC[C@H]1C=CCC1.